The van der Waals surface area contributed by atoms with Crippen molar-refractivity contribution >= 4 is 15.9 Å². The molecule has 2 aromatic carbocycles. The molecule has 0 aliphatic heterocycles. The van der Waals surface area contributed by atoms with Crippen molar-refractivity contribution in [2.75, 3.05) is 5.33 Å². The lowest BCUT2D eigenvalue weighted by Crippen LogP contribution is -1.77. The van der Waals surface area contributed by atoms with Gasteiger partial charge in [0.25, 0.3) is 0 Å². The van der Waals surface area contributed by atoms with Gasteiger partial charge in [-0.1, -0.05) is 70.5 Å². The van der Waals surface area contributed by atoms with E-state index < -0.39 is 0 Å². The average molecular weight is 287 g/mol. The molecular formula is C16H15Br. The summed E-state index contributed by atoms with van der Waals surface area (Å²) in [6.07, 6.45) is 2.90. The van der Waals surface area contributed by atoms with Crippen molar-refractivity contribution in [3.05, 3.63) is 72.3 Å². The van der Waals surface area contributed by atoms with Gasteiger partial charge in [0.2, 0.25) is 0 Å². The van der Waals surface area contributed by atoms with Gasteiger partial charge in [-0.15, -0.1) is 6.58 Å². The van der Waals surface area contributed by atoms with Gasteiger partial charge in [0.05, 0.1) is 0 Å². The summed E-state index contributed by atoms with van der Waals surface area (Å²) in [5.74, 6) is 0. The van der Waals surface area contributed by atoms with Gasteiger partial charge >= 0.3 is 0 Å². The molecule has 0 spiro atoms. The van der Waals surface area contributed by atoms with Crippen molar-refractivity contribution in [1.82, 2.24) is 0 Å². The van der Waals surface area contributed by atoms with Gasteiger partial charge in [-0.3, -0.25) is 0 Å². The highest BCUT2D eigenvalue weighted by molar-refractivity contribution is 9.09. The fraction of sp³-hybridized carbons (Fsp3) is 0.125. The van der Waals surface area contributed by atoms with Crippen LogP contribution in [0.5, 0.6) is 0 Å². The fourth-order valence-corrected chi connectivity index (χ4v) is 2.08. The van der Waals surface area contributed by atoms with Gasteiger partial charge in [0, 0.05) is 5.33 Å². The van der Waals surface area contributed by atoms with Gasteiger partial charge < -0.3 is 0 Å². The molecule has 0 bridgehead atoms. The quantitative estimate of drug-likeness (QED) is 0.444. The van der Waals surface area contributed by atoms with E-state index in [9.17, 15) is 0 Å². The molecule has 0 nitrogen and oxygen atoms in total. The average Bonchev–Trinajstić information content (AvgIpc) is 2.77. The third-order valence-electron chi connectivity index (χ3n) is 2.81. The third kappa shape index (κ3) is 2.67. The second kappa shape index (κ2) is 5.83. The Kier molecular flexibility index (Phi) is 4.16. The molecule has 0 atom stereocenters. The first-order valence-electron chi connectivity index (χ1n) is 5.70. The van der Waals surface area contributed by atoms with Crippen LogP contribution >= 0.6 is 15.9 Å². The Morgan fingerprint density at radius 3 is 1.76 bits per heavy atom. The maximum absolute atomic E-state index is 3.43. The Morgan fingerprint density at radius 2 is 1.35 bits per heavy atom. The van der Waals surface area contributed by atoms with E-state index in [4.69, 9.17) is 0 Å². The van der Waals surface area contributed by atoms with Crippen LogP contribution in [0.1, 0.15) is 11.1 Å². The number of halogens is 1. The Morgan fingerprint density at radius 1 is 0.941 bits per heavy atom. The summed E-state index contributed by atoms with van der Waals surface area (Å²) in [5.41, 5.74) is 5.75. The SMILES string of the molecule is C=CCBr.c1ccc2c(c1)Cc1ccccc1-2. The van der Waals surface area contributed by atoms with E-state index in [1.807, 2.05) is 0 Å². The van der Waals surface area contributed by atoms with E-state index in [2.05, 4.69) is 71.0 Å². The number of alkyl halides is 1. The molecule has 0 saturated heterocycles. The van der Waals surface area contributed by atoms with Gasteiger partial charge in [0.15, 0.2) is 0 Å². The van der Waals surface area contributed by atoms with E-state index in [1.165, 1.54) is 22.3 Å². The highest BCUT2D eigenvalue weighted by atomic mass is 79.9. The molecule has 86 valence electrons. The summed E-state index contributed by atoms with van der Waals surface area (Å²) in [7, 11) is 0. The highest BCUT2D eigenvalue weighted by Crippen LogP contribution is 2.35. The molecule has 1 aliphatic rings. The van der Waals surface area contributed by atoms with E-state index in [1.54, 1.807) is 6.08 Å². The summed E-state index contributed by atoms with van der Waals surface area (Å²) < 4.78 is 0. The minimum atomic E-state index is 0.896. The molecule has 1 heteroatoms. The molecule has 0 heterocycles. The van der Waals surface area contributed by atoms with E-state index in [-0.39, 0.29) is 0 Å². The number of fused-ring (bicyclic) bond motifs is 3. The Labute approximate surface area is 111 Å². The maximum Gasteiger partial charge on any atom is 0.0209 e. The zero-order chi connectivity index (χ0) is 12.1. The first kappa shape index (κ1) is 12.1. The molecule has 1 aliphatic carbocycles. The topological polar surface area (TPSA) is 0 Å². The predicted molar refractivity (Wildman–Crippen MR) is 78.7 cm³/mol. The highest BCUT2D eigenvalue weighted by Gasteiger charge is 2.15. The summed E-state index contributed by atoms with van der Waals surface area (Å²) in [6, 6.07) is 17.3. The molecule has 2 aromatic rings. The van der Waals surface area contributed by atoms with Crippen LogP contribution in [0.25, 0.3) is 11.1 Å². The smallest absolute Gasteiger partial charge is 0.0209 e. The van der Waals surface area contributed by atoms with Crippen LogP contribution in [0.3, 0.4) is 0 Å². The zero-order valence-corrected chi connectivity index (χ0v) is 11.3. The maximum atomic E-state index is 3.43. The molecule has 0 N–H and O–H groups in total. The second-order valence-corrected chi connectivity index (χ2v) is 4.58. The van der Waals surface area contributed by atoms with Gasteiger partial charge in [-0.25, -0.2) is 0 Å². The molecule has 0 fully saturated rings. The van der Waals surface area contributed by atoms with Crippen LogP contribution in [0.2, 0.25) is 0 Å². The van der Waals surface area contributed by atoms with E-state index in [0.717, 1.165) is 11.8 Å². The van der Waals surface area contributed by atoms with E-state index in [0.29, 0.717) is 0 Å². The molecule has 0 saturated carbocycles. The standard InChI is InChI=1S/C13H10.C3H5Br/c1-3-7-12-10(5-1)9-11-6-2-4-8-13(11)12;1-2-3-4/h1-8H,9H2;2H,1,3H2. The van der Waals surface area contributed by atoms with Gasteiger partial charge in [0.1, 0.15) is 0 Å². The Balaban J connectivity index is 0.000000239. The molecule has 0 amide bonds. The van der Waals surface area contributed by atoms with Crippen molar-refractivity contribution in [3.63, 3.8) is 0 Å². The number of hydrogen-bond donors (Lipinski definition) is 0. The minimum Gasteiger partial charge on any atom is -0.102 e. The lowest BCUT2D eigenvalue weighted by molar-refractivity contribution is 1.26. The van der Waals surface area contributed by atoms with Crippen molar-refractivity contribution in [1.29, 1.82) is 0 Å². The predicted octanol–water partition coefficient (Wildman–Crippen LogP) is 4.83. The van der Waals surface area contributed by atoms with Crippen molar-refractivity contribution < 1.29 is 0 Å². The summed E-state index contributed by atoms with van der Waals surface area (Å²) in [6.45, 7) is 3.43. The van der Waals surface area contributed by atoms with Crippen LogP contribution in [0.15, 0.2) is 61.2 Å². The minimum absolute atomic E-state index is 0.896. The monoisotopic (exact) mass is 286 g/mol. The van der Waals surface area contributed by atoms with Crippen molar-refractivity contribution in [2.45, 2.75) is 6.42 Å². The lowest BCUT2D eigenvalue weighted by Gasteiger charge is -1.98. The Hall–Kier alpha value is -1.34. The third-order valence-corrected chi connectivity index (χ3v) is 3.27. The summed E-state index contributed by atoms with van der Waals surface area (Å²) in [4.78, 5) is 0. The zero-order valence-electron chi connectivity index (χ0n) is 9.70. The van der Waals surface area contributed by atoms with Crippen LogP contribution < -0.4 is 0 Å². The van der Waals surface area contributed by atoms with Crippen molar-refractivity contribution in [2.24, 2.45) is 0 Å². The second-order valence-electron chi connectivity index (χ2n) is 3.93. The van der Waals surface area contributed by atoms with Crippen LogP contribution in [-0.4, -0.2) is 5.33 Å². The van der Waals surface area contributed by atoms with Gasteiger partial charge in [-0.2, -0.15) is 0 Å². The number of benzene rings is 2. The van der Waals surface area contributed by atoms with Crippen LogP contribution in [-0.2, 0) is 6.42 Å². The van der Waals surface area contributed by atoms with Gasteiger partial charge in [-0.05, 0) is 28.7 Å². The first-order valence-corrected chi connectivity index (χ1v) is 6.82. The number of allylic oxidation sites excluding steroid dienone is 1. The number of hydrogen-bond acceptors (Lipinski definition) is 0. The lowest BCUT2D eigenvalue weighted by atomic mass is 10.1. The molecule has 3 rings (SSSR count). The van der Waals surface area contributed by atoms with Crippen molar-refractivity contribution in [3.8, 4) is 11.1 Å². The molecule has 17 heavy (non-hydrogen) atoms. The molecular weight excluding hydrogens is 272 g/mol. The molecule has 0 radical (unpaired) electrons. The largest absolute Gasteiger partial charge is 0.102 e. The Bertz CT molecular complexity index is 471. The summed E-state index contributed by atoms with van der Waals surface area (Å²) >= 11 is 3.13. The first-order chi connectivity index (χ1) is 8.36. The van der Waals surface area contributed by atoms with Crippen LogP contribution in [0.4, 0.5) is 0 Å². The summed E-state index contributed by atoms with van der Waals surface area (Å²) in [5, 5.41) is 0.896. The fourth-order valence-electron chi connectivity index (χ4n) is 2.08. The molecule has 0 aromatic heterocycles. The molecule has 0 unspecified atom stereocenters. The number of rotatable bonds is 1. The van der Waals surface area contributed by atoms with E-state index >= 15 is 0 Å². The normalized spacial score (nSPS) is 10.9. The van der Waals surface area contributed by atoms with Crippen LogP contribution in [0, 0.1) is 0 Å².